The highest BCUT2D eigenvalue weighted by molar-refractivity contribution is 5.27. The molecule has 0 aromatic heterocycles. The average Bonchev–Trinajstić information content (AvgIpc) is 2.27. The van der Waals surface area contributed by atoms with Gasteiger partial charge < -0.3 is 20.7 Å². The lowest BCUT2D eigenvalue weighted by Crippen LogP contribution is -2.21. The molecule has 4 heteroatoms. The molecule has 2 atom stereocenters. The summed E-state index contributed by atoms with van der Waals surface area (Å²) in [4.78, 5) is 0. The van der Waals surface area contributed by atoms with E-state index in [1.54, 1.807) is 0 Å². The van der Waals surface area contributed by atoms with Crippen LogP contribution in [0.5, 0.6) is 5.75 Å². The van der Waals surface area contributed by atoms with Crippen LogP contribution in [-0.2, 0) is 6.42 Å². The van der Waals surface area contributed by atoms with Gasteiger partial charge in [0.15, 0.2) is 0 Å². The minimum atomic E-state index is -0.830. The first kappa shape index (κ1) is 13.0. The molecule has 1 aromatic rings. The van der Waals surface area contributed by atoms with E-state index in [4.69, 9.17) is 20.7 Å². The summed E-state index contributed by atoms with van der Waals surface area (Å²) in [6.07, 6.45) is 0.00301. The number of aliphatic hydroxyl groups excluding tert-OH is 2. The van der Waals surface area contributed by atoms with Crippen LogP contribution in [0.15, 0.2) is 24.3 Å². The maximum absolute atomic E-state index is 9.10. The molecule has 1 aromatic carbocycles. The Morgan fingerprint density at radius 2 is 1.94 bits per heavy atom. The van der Waals surface area contributed by atoms with E-state index in [1.807, 2.05) is 31.2 Å². The minimum Gasteiger partial charge on any atom is -0.491 e. The van der Waals surface area contributed by atoms with Crippen LogP contribution in [0.2, 0.25) is 0 Å². The molecular weight excluding hydrogens is 206 g/mol. The zero-order valence-corrected chi connectivity index (χ0v) is 9.47. The fraction of sp³-hybridized carbons (Fsp3) is 0.500. The summed E-state index contributed by atoms with van der Waals surface area (Å²) in [5.74, 6) is 0.681. The maximum atomic E-state index is 9.10. The first-order valence-corrected chi connectivity index (χ1v) is 5.38. The van der Waals surface area contributed by atoms with Crippen molar-refractivity contribution in [2.24, 2.45) is 5.73 Å². The molecule has 4 N–H and O–H groups in total. The Morgan fingerprint density at radius 1 is 1.31 bits per heavy atom. The van der Waals surface area contributed by atoms with Gasteiger partial charge in [0.05, 0.1) is 6.61 Å². The average molecular weight is 225 g/mol. The lowest BCUT2D eigenvalue weighted by Gasteiger charge is -2.10. The quantitative estimate of drug-likeness (QED) is 0.651. The summed E-state index contributed by atoms with van der Waals surface area (Å²) in [6, 6.07) is 7.71. The molecule has 0 amide bonds. The normalized spacial score (nSPS) is 14.5. The molecule has 0 aliphatic heterocycles. The molecule has 0 fully saturated rings. The van der Waals surface area contributed by atoms with E-state index in [0.717, 1.165) is 12.0 Å². The minimum absolute atomic E-state index is 0.100. The van der Waals surface area contributed by atoms with Crippen LogP contribution in [0.25, 0.3) is 0 Å². The number of hydrogen-bond acceptors (Lipinski definition) is 4. The molecule has 0 bridgehead atoms. The van der Waals surface area contributed by atoms with Crippen molar-refractivity contribution in [2.45, 2.75) is 25.5 Å². The molecule has 1 rings (SSSR count). The van der Waals surface area contributed by atoms with Gasteiger partial charge in [-0.15, -0.1) is 0 Å². The molecule has 16 heavy (non-hydrogen) atoms. The zero-order chi connectivity index (χ0) is 12.0. The van der Waals surface area contributed by atoms with E-state index in [2.05, 4.69) is 0 Å². The van der Waals surface area contributed by atoms with Crippen LogP contribution >= 0.6 is 0 Å². The Hall–Kier alpha value is -1.10. The Morgan fingerprint density at radius 3 is 2.44 bits per heavy atom. The van der Waals surface area contributed by atoms with Crippen molar-refractivity contribution < 1.29 is 14.9 Å². The molecule has 0 aliphatic carbocycles. The number of hydrogen-bond donors (Lipinski definition) is 3. The highest BCUT2D eigenvalue weighted by atomic mass is 16.5. The fourth-order valence-corrected chi connectivity index (χ4v) is 1.34. The number of nitrogens with two attached hydrogens (primary N) is 1. The monoisotopic (exact) mass is 225 g/mol. The second-order valence-electron chi connectivity index (χ2n) is 3.97. The first-order chi connectivity index (χ1) is 7.61. The number of rotatable bonds is 6. The molecular formula is C12H19NO3. The summed E-state index contributed by atoms with van der Waals surface area (Å²) >= 11 is 0. The van der Waals surface area contributed by atoms with Crippen LogP contribution in [-0.4, -0.2) is 35.6 Å². The van der Waals surface area contributed by atoms with E-state index in [1.165, 1.54) is 0 Å². The smallest absolute Gasteiger partial charge is 0.119 e. The predicted octanol–water partition coefficient (Wildman–Crippen LogP) is 0.308. The maximum Gasteiger partial charge on any atom is 0.119 e. The van der Waals surface area contributed by atoms with Crippen LogP contribution in [0.4, 0.5) is 0 Å². The largest absolute Gasteiger partial charge is 0.491 e. The Labute approximate surface area is 95.7 Å². The SMILES string of the molecule is CC(N)Cc1ccc(OCC(O)CO)cc1. The second-order valence-corrected chi connectivity index (χ2v) is 3.97. The van der Waals surface area contributed by atoms with E-state index < -0.39 is 6.10 Å². The summed E-state index contributed by atoms with van der Waals surface area (Å²) < 4.78 is 5.28. The topological polar surface area (TPSA) is 75.7 Å². The fourth-order valence-electron chi connectivity index (χ4n) is 1.34. The van der Waals surface area contributed by atoms with Crippen molar-refractivity contribution >= 4 is 0 Å². The highest BCUT2D eigenvalue weighted by Gasteiger charge is 2.03. The van der Waals surface area contributed by atoms with Gasteiger partial charge in [-0.2, -0.15) is 0 Å². The molecule has 2 unspecified atom stereocenters. The van der Waals surface area contributed by atoms with Crippen molar-refractivity contribution in [3.63, 3.8) is 0 Å². The lowest BCUT2D eigenvalue weighted by atomic mass is 10.1. The first-order valence-electron chi connectivity index (χ1n) is 5.38. The summed E-state index contributed by atoms with van der Waals surface area (Å²) in [5, 5.41) is 17.7. The predicted molar refractivity (Wildman–Crippen MR) is 62.4 cm³/mol. The molecule has 0 aliphatic rings. The van der Waals surface area contributed by atoms with Crippen molar-refractivity contribution in [2.75, 3.05) is 13.2 Å². The van der Waals surface area contributed by atoms with Gasteiger partial charge in [-0.1, -0.05) is 12.1 Å². The molecule has 0 radical (unpaired) electrons. The van der Waals surface area contributed by atoms with Crippen molar-refractivity contribution in [1.29, 1.82) is 0 Å². The lowest BCUT2D eigenvalue weighted by molar-refractivity contribution is 0.0536. The van der Waals surface area contributed by atoms with E-state index in [-0.39, 0.29) is 19.3 Å². The van der Waals surface area contributed by atoms with Crippen LogP contribution in [0.1, 0.15) is 12.5 Å². The number of ether oxygens (including phenoxy) is 1. The second kappa shape index (κ2) is 6.48. The van der Waals surface area contributed by atoms with E-state index >= 15 is 0 Å². The molecule has 0 saturated carbocycles. The molecule has 90 valence electrons. The van der Waals surface area contributed by atoms with Gasteiger partial charge in [0.1, 0.15) is 18.5 Å². The van der Waals surface area contributed by atoms with Gasteiger partial charge in [-0.05, 0) is 31.0 Å². The van der Waals surface area contributed by atoms with Crippen LogP contribution < -0.4 is 10.5 Å². The molecule has 0 saturated heterocycles. The standard InChI is InChI=1S/C12H19NO3/c1-9(13)6-10-2-4-12(5-3-10)16-8-11(15)7-14/h2-5,9,11,14-15H,6-8,13H2,1H3. The Kier molecular flexibility index (Phi) is 5.25. The summed E-state index contributed by atoms with van der Waals surface area (Å²) in [6.45, 7) is 1.77. The van der Waals surface area contributed by atoms with E-state index in [9.17, 15) is 0 Å². The van der Waals surface area contributed by atoms with Crippen molar-refractivity contribution in [3.8, 4) is 5.75 Å². The van der Waals surface area contributed by atoms with Gasteiger partial charge in [0.25, 0.3) is 0 Å². The van der Waals surface area contributed by atoms with Gasteiger partial charge in [0.2, 0.25) is 0 Å². The third kappa shape index (κ3) is 4.61. The summed E-state index contributed by atoms with van der Waals surface area (Å²) in [5.41, 5.74) is 6.84. The number of benzene rings is 1. The van der Waals surface area contributed by atoms with Crippen molar-refractivity contribution in [3.05, 3.63) is 29.8 Å². The van der Waals surface area contributed by atoms with Gasteiger partial charge in [-0.3, -0.25) is 0 Å². The highest BCUT2D eigenvalue weighted by Crippen LogP contribution is 2.13. The molecule has 4 nitrogen and oxygen atoms in total. The molecule has 0 spiro atoms. The van der Waals surface area contributed by atoms with Gasteiger partial charge >= 0.3 is 0 Å². The molecule has 0 heterocycles. The Bertz CT molecular complexity index is 298. The van der Waals surface area contributed by atoms with E-state index in [0.29, 0.717) is 5.75 Å². The van der Waals surface area contributed by atoms with Crippen LogP contribution in [0, 0.1) is 0 Å². The van der Waals surface area contributed by atoms with Gasteiger partial charge in [-0.25, -0.2) is 0 Å². The zero-order valence-electron chi connectivity index (χ0n) is 9.47. The van der Waals surface area contributed by atoms with Crippen LogP contribution in [0.3, 0.4) is 0 Å². The van der Waals surface area contributed by atoms with Gasteiger partial charge in [0, 0.05) is 6.04 Å². The Balaban J connectivity index is 2.45. The number of aliphatic hydroxyl groups is 2. The third-order valence-electron chi connectivity index (χ3n) is 2.13. The van der Waals surface area contributed by atoms with Crippen molar-refractivity contribution in [1.82, 2.24) is 0 Å². The third-order valence-corrected chi connectivity index (χ3v) is 2.13. The summed E-state index contributed by atoms with van der Waals surface area (Å²) in [7, 11) is 0.